The molecule has 3 aromatic carbocycles. The van der Waals surface area contributed by atoms with E-state index >= 15 is 0 Å². The van der Waals surface area contributed by atoms with Crippen LogP contribution < -0.4 is 16.0 Å². The van der Waals surface area contributed by atoms with Crippen LogP contribution in [-0.2, 0) is 0 Å². The van der Waals surface area contributed by atoms with Crippen LogP contribution in [0.4, 0.5) is 23.0 Å². The molecule has 0 saturated carbocycles. The number of nitrogens with zero attached hydrogens (tertiary/aromatic N) is 3. The fourth-order valence-electron chi connectivity index (χ4n) is 4.67. The third-order valence-electron chi connectivity index (χ3n) is 6.86. The highest BCUT2D eigenvalue weighted by atomic mass is 35.5. The van der Waals surface area contributed by atoms with E-state index in [9.17, 15) is 9.59 Å². The lowest BCUT2D eigenvalue weighted by atomic mass is 10.1. The smallest absolute Gasteiger partial charge is 0.257 e. The van der Waals surface area contributed by atoms with Crippen molar-refractivity contribution in [3.8, 4) is 0 Å². The molecule has 0 atom stereocenters. The topological polar surface area (TPSA) is 99.2 Å². The predicted octanol–water partition coefficient (Wildman–Crippen LogP) is 7.26. The minimum Gasteiger partial charge on any atom is -0.324 e. The van der Waals surface area contributed by atoms with Crippen LogP contribution in [0.3, 0.4) is 0 Å². The van der Waals surface area contributed by atoms with Gasteiger partial charge in [-0.05, 0) is 106 Å². The summed E-state index contributed by atoms with van der Waals surface area (Å²) in [4.78, 5) is 38.0. The molecule has 216 valence electrons. The third kappa shape index (κ3) is 8.31. The lowest BCUT2D eigenvalue weighted by Crippen LogP contribution is -2.20. The Kier molecular flexibility index (Phi) is 10.1. The number of rotatable bonds is 11. The second-order valence-electron chi connectivity index (χ2n) is 10.2. The number of carbonyl (C=O) groups is 2. The molecule has 1 aromatic heterocycles. The molecule has 0 radical (unpaired) electrons. The fraction of sp³-hybridized carbons (Fsp3) is 0.250. The van der Waals surface area contributed by atoms with Gasteiger partial charge in [-0.2, -0.15) is 0 Å². The van der Waals surface area contributed by atoms with Gasteiger partial charge in [0.1, 0.15) is 0 Å². The van der Waals surface area contributed by atoms with Crippen LogP contribution in [0.5, 0.6) is 0 Å². The average molecular weight is 601 g/mol. The number of benzene rings is 3. The average Bonchev–Trinajstić information content (AvgIpc) is 3.52. The van der Waals surface area contributed by atoms with Gasteiger partial charge in [0.25, 0.3) is 11.8 Å². The zero-order valence-corrected chi connectivity index (χ0v) is 25.0. The first-order valence-corrected chi connectivity index (χ1v) is 15.3. The number of likely N-dealkylation sites (tertiary alicyclic amines) is 1. The summed E-state index contributed by atoms with van der Waals surface area (Å²) in [6.45, 7) is 5.60. The quantitative estimate of drug-likeness (QED) is 0.123. The van der Waals surface area contributed by atoms with E-state index in [1.54, 1.807) is 24.3 Å². The van der Waals surface area contributed by atoms with Gasteiger partial charge >= 0.3 is 0 Å². The summed E-state index contributed by atoms with van der Waals surface area (Å²) in [6, 6.07) is 20.2. The van der Waals surface area contributed by atoms with Gasteiger partial charge in [0, 0.05) is 21.8 Å². The van der Waals surface area contributed by atoms with Gasteiger partial charge in [-0.1, -0.05) is 29.3 Å². The molecule has 4 aromatic rings. The van der Waals surface area contributed by atoms with E-state index in [4.69, 9.17) is 11.6 Å². The summed E-state index contributed by atoms with van der Waals surface area (Å²) in [5.41, 5.74) is 3.47. The Hall–Kier alpha value is -3.92. The van der Waals surface area contributed by atoms with Gasteiger partial charge in [-0.15, -0.1) is 11.8 Å². The number of nitrogens with one attached hydrogen (secondary N) is 3. The molecule has 1 fully saturated rings. The van der Waals surface area contributed by atoms with Crippen molar-refractivity contribution < 1.29 is 9.59 Å². The maximum atomic E-state index is 13.0. The molecule has 1 aliphatic rings. The van der Waals surface area contributed by atoms with E-state index in [-0.39, 0.29) is 16.5 Å². The van der Waals surface area contributed by atoms with Gasteiger partial charge in [-0.3, -0.25) is 9.59 Å². The number of halogens is 1. The van der Waals surface area contributed by atoms with Gasteiger partial charge in [0.15, 0.2) is 0 Å². The van der Waals surface area contributed by atoms with Crippen LogP contribution in [0.25, 0.3) is 0 Å². The van der Waals surface area contributed by atoms with E-state index in [1.165, 1.54) is 62.3 Å². The van der Waals surface area contributed by atoms with Crippen molar-refractivity contribution in [1.82, 2.24) is 14.9 Å². The van der Waals surface area contributed by atoms with Gasteiger partial charge in [0.2, 0.25) is 5.95 Å². The number of aromatic nitrogens is 2. The molecule has 0 unspecified atom stereocenters. The molecule has 0 aliphatic carbocycles. The second kappa shape index (κ2) is 14.3. The SMILES string of the molecule is Cc1cccc(C(=O)Nc2ccc(Cl)c(C(=O)Nc3cnc(Nc4ccc(SCCCN5CCCC5)cc4)nc3)c2)c1. The number of thioether (sulfide) groups is 1. The molecular weight excluding hydrogens is 568 g/mol. The molecule has 2 amide bonds. The Bertz CT molecular complexity index is 1530. The Morgan fingerprint density at radius 2 is 1.60 bits per heavy atom. The van der Waals surface area contributed by atoms with Crippen molar-refractivity contribution in [3.05, 3.63) is 101 Å². The van der Waals surface area contributed by atoms with E-state index < -0.39 is 5.91 Å². The molecule has 1 saturated heterocycles. The predicted molar refractivity (Wildman–Crippen MR) is 171 cm³/mol. The summed E-state index contributed by atoms with van der Waals surface area (Å²) in [7, 11) is 0. The fourth-order valence-corrected chi connectivity index (χ4v) is 5.71. The Morgan fingerprint density at radius 3 is 2.33 bits per heavy atom. The number of anilines is 4. The first-order valence-electron chi connectivity index (χ1n) is 14.0. The maximum absolute atomic E-state index is 13.0. The highest BCUT2D eigenvalue weighted by Crippen LogP contribution is 2.24. The molecule has 2 heterocycles. The maximum Gasteiger partial charge on any atom is 0.257 e. The highest BCUT2D eigenvalue weighted by molar-refractivity contribution is 7.99. The standard InChI is InChI=1S/C32H33ClN6O2S/c1-22-6-4-7-23(18-22)30(40)36-25-10-13-29(33)28(19-25)31(41)37-26-20-34-32(35-21-26)38-24-8-11-27(12-9-24)42-17-5-16-39-14-2-3-15-39/h4,6-13,18-21H,2-3,5,14-17H2,1H3,(H,36,40)(H,37,41)(H,34,35,38). The Labute approximate surface area is 255 Å². The van der Waals surface area contributed by atoms with Crippen molar-refractivity contribution in [2.45, 2.75) is 31.1 Å². The van der Waals surface area contributed by atoms with Crippen LogP contribution in [-0.4, -0.2) is 52.1 Å². The summed E-state index contributed by atoms with van der Waals surface area (Å²) in [6.07, 6.45) is 6.92. The summed E-state index contributed by atoms with van der Waals surface area (Å²) in [5.74, 6) is 0.810. The molecule has 42 heavy (non-hydrogen) atoms. The first-order chi connectivity index (χ1) is 20.4. The van der Waals surface area contributed by atoms with Crippen molar-refractivity contribution in [2.24, 2.45) is 0 Å². The van der Waals surface area contributed by atoms with E-state index in [2.05, 4.69) is 43.0 Å². The van der Waals surface area contributed by atoms with Gasteiger partial charge in [-0.25, -0.2) is 9.97 Å². The largest absolute Gasteiger partial charge is 0.324 e. The van der Waals surface area contributed by atoms with Crippen molar-refractivity contribution in [2.75, 3.05) is 41.3 Å². The lowest BCUT2D eigenvalue weighted by Gasteiger charge is -2.13. The summed E-state index contributed by atoms with van der Waals surface area (Å²) >= 11 is 8.17. The van der Waals surface area contributed by atoms with Crippen molar-refractivity contribution in [3.63, 3.8) is 0 Å². The normalized spacial score (nSPS) is 13.1. The summed E-state index contributed by atoms with van der Waals surface area (Å²) < 4.78 is 0. The molecular formula is C32H33ClN6O2S. The van der Waals surface area contributed by atoms with E-state index in [1.807, 2.05) is 43.0 Å². The Morgan fingerprint density at radius 1 is 0.881 bits per heavy atom. The zero-order chi connectivity index (χ0) is 29.3. The molecule has 3 N–H and O–H groups in total. The molecule has 8 nitrogen and oxygen atoms in total. The Balaban J connectivity index is 1.12. The second-order valence-corrected chi connectivity index (χ2v) is 11.7. The number of amides is 2. The zero-order valence-electron chi connectivity index (χ0n) is 23.4. The minimum absolute atomic E-state index is 0.218. The molecule has 0 bridgehead atoms. The summed E-state index contributed by atoms with van der Waals surface area (Å²) in [5, 5.41) is 9.02. The number of carbonyl (C=O) groups excluding carboxylic acids is 2. The number of hydrogen-bond acceptors (Lipinski definition) is 7. The molecule has 10 heteroatoms. The number of aryl methyl sites for hydroxylation is 1. The highest BCUT2D eigenvalue weighted by Gasteiger charge is 2.15. The van der Waals surface area contributed by atoms with Crippen LogP contribution >= 0.6 is 23.4 Å². The van der Waals surface area contributed by atoms with Crippen molar-refractivity contribution in [1.29, 1.82) is 0 Å². The minimum atomic E-state index is -0.440. The van der Waals surface area contributed by atoms with E-state index in [0.29, 0.717) is 22.9 Å². The van der Waals surface area contributed by atoms with Gasteiger partial charge < -0.3 is 20.9 Å². The van der Waals surface area contributed by atoms with Crippen LogP contribution in [0.1, 0.15) is 45.5 Å². The van der Waals surface area contributed by atoms with E-state index in [0.717, 1.165) is 17.0 Å². The molecule has 0 spiro atoms. The monoisotopic (exact) mass is 600 g/mol. The molecule has 5 rings (SSSR count). The molecule has 1 aliphatic heterocycles. The third-order valence-corrected chi connectivity index (χ3v) is 8.28. The van der Waals surface area contributed by atoms with Crippen LogP contribution in [0, 0.1) is 6.92 Å². The van der Waals surface area contributed by atoms with Crippen LogP contribution in [0.2, 0.25) is 5.02 Å². The van der Waals surface area contributed by atoms with Crippen LogP contribution in [0.15, 0.2) is 84.0 Å². The van der Waals surface area contributed by atoms with Gasteiger partial charge in [0.05, 0.1) is 28.7 Å². The lowest BCUT2D eigenvalue weighted by molar-refractivity contribution is 0.101. The van der Waals surface area contributed by atoms with Crippen molar-refractivity contribution >= 4 is 58.2 Å². The first kappa shape index (κ1) is 29.6. The number of hydrogen-bond donors (Lipinski definition) is 3.